The summed E-state index contributed by atoms with van der Waals surface area (Å²) in [5.74, 6) is 2.44. The lowest BCUT2D eigenvalue weighted by Crippen LogP contribution is -2.39. The molecule has 0 amide bonds. The van der Waals surface area contributed by atoms with Gasteiger partial charge in [0.15, 0.2) is 5.82 Å². The molecule has 0 unspecified atom stereocenters. The van der Waals surface area contributed by atoms with Gasteiger partial charge in [-0.25, -0.2) is 0 Å². The largest absolute Gasteiger partial charge is 0.381 e. The maximum Gasteiger partial charge on any atom is 0.244 e. The van der Waals surface area contributed by atoms with E-state index in [-0.39, 0.29) is 6.04 Å². The molecule has 2 aliphatic rings. The van der Waals surface area contributed by atoms with E-state index in [1.54, 1.807) is 0 Å². The number of hydrogen-bond acceptors (Lipinski definition) is 5. The van der Waals surface area contributed by atoms with Crippen LogP contribution in [0.3, 0.4) is 0 Å². The normalized spacial score (nSPS) is 23.0. The monoisotopic (exact) mass is 307 g/mol. The summed E-state index contributed by atoms with van der Waals surface area (Å²) in [5, 5.41) is 8.01. The summed E-state index contributed by atoms with van der Waals surface area (Å²) in [6, 6.07) is 0.781. The topological polar surface area (TPSA) is 60.2 Å². The summed E-state index contributed by atoms with van der Waals surface area (Å²) < 4.78 is 11.1. The Kier molecular flexibility index (Phi) is 5.47. The van der Waals surface area contributed by atoms with Crippen molar-refractivity contribution >= 4 is 0 Å². The highest BCUT2D eigenvalue weighted by atomic mass is 16.5. The minimum Gasteiger partial charge on any atom is -0.381 e. The van der Waals surface area contributed by atoms with Gasteiger partial charge in [-0.3, -0.25) is 0 Å². The molecule has 1 N–H and O–H groups in total. The van der Waals surface area contributed by atoms with Crippen molar-refractivity contribution in [1.29, 1.82) is 0 Å². The summed E-state index contributed by atoms with van der Waals surface area (Å²) in [4.78, 5) is 4.67. The second-order valence-electron chi connectivity index (χ2n) is 7.07. The molecule has 124 valence electrons. The van der Waals surface area contributed by atoms with Gasteiger partial charge in [0.1, 0.15) is 0 Å². The maximum atomic E-state index is 5.62. The van der Waals surface area contributed by atoms with E-state index in [1.165, 1.54) is 32.1 Å². The van der Waals surface area contributed by atoms with Gasteiger partial charge in [-0.1, -0.05) is 38.3 Å². The molecule has 1 aromatic rings. The number of nitrogens with zero attached hydrogens (tertiary/aromatic N) is 2. The zero-order valence-electron chi connectivity index (χ0n) is 13.9. The van der Waals surface area contributed by atoms with E-state index in [9.17, 15) is 0 Å². The smallest absolute Gasteiger partial charge is 0.244 e. The van der Waals surface area contributed by atoms with Crippen molar-refractivity contribution in [3.8, 4) is 0 Å². The van der Waals surface area contributed by atoms with Crippen LogP contribution in [0.4, 0.5) is 0 Å². The summed E-state index contributed by atoms with van der Waals surface area (Å²) in [7, 11) is 0. The van der Waals surface area contributed by atoms with Crippen LogP contribution in [0.2, 0.25) is 0 Å². The van der Waals surface area contributed by atoms with Gasteiger partial charge in [0, 0.05) is 25.2 Å². The maximum absolute atomic E-state index is 5.62. The Balaban J connectivity index is 1.74. The summed E-state index contributed by atoms with van der Waals surface area (Å²) in [5.41, 5.74) is 0. The van der Waals surface area contributed by atoms with Gasteiger partial charge in [-0.2, -0.15) is 4.98 Å². The van der Waals surface area contributed by atoms with Crippen molar-refractivity contribution in [2.75, 3.05) is 13.2 Å². The predicted molar refractivity (Wildman–Crippen MR) is 84.7 cm³/mol. The molecule has 1 atom stereocenters. The molecule has 1 aliphatic heterocycles. The van der Waals surface area contributed by atoms with Gasteiger partial charge in [0.2, 0.25) is 5.89 Å². The number of aromatic nitrogens is 2. The van der Waals surface area contributed by atoms with E-state index in [4.69, 9.17) is 9.26 Å². The summed E-state index contributed by atoms with van der Waals surface area (Å²) in [6.45, 7) is 5.90. The molecule has 1 saturated carbocycles. The van der Waals surface area contributed by atoms with Crippen LogP contribution >= 0.6 is 0 Å². The fourth-order valence-electron chi connectivity index (χ4n) is 3.59. The van der Waals surface area contributed by atoms with E-state index in [0.717, 1.165) is 37.8 Å². The highest BCUT2D eigenvalue weighted by Crippen LogP contribution is 2.32. The zero-order valence-corrected chi connectivity index (χ0v) is 13.9. The lowest BCUT2D eigenvalue weighted by atomic mass is 9.88. The third-order valence-electron chi connectivity index (χ3n) is 5.00. The molecule has 5 nitrogen and oxygen atoms in total. The average molecular weight is 307 g/mol. The van der Waals surface area contributed by atoms with Crippen LogP contribution in [-0.4, -0.2) is 29.4 Å². The molecule has 1 aliphatic carbocycles. The molecule has 0 aromatic carbocycles. The van der Waals surface area contributed by atoms with Crippen LogP contribution in [0.15, 0.2) is 4.52 Å². The third-order valence-corrected chi connectivity index (χ3v) is 5.00. The molecular formula is C17H29N3O2. The SMILES string of the molecule is CC(C)c1noc([C@H](NC2CCCCC2)C2CCOCC2)n1. The van der Waals surface area contributed by atoms with Gasteiger partial charge in [0.25, 0.3) is 0 Å². The quantitative estimate of drug-likeness (QED) is 0.901. The molecular weight excluding hydrogens is 278 g/mol. The van der Waals surface area contributed by atoms with E-state index in [0.29, 0.717) is 17.9 Å². The molecule has 1 saturated heterocycles. The fraction of sp³-hybridized carbons (Fsp3) is 0.882. The van der Waals surface area contributed by atoms with E-state index < -0.39 is 0 Å². The number of hydrogen-bond donors (Lipinski definition) is 1. The second-order valence-corrected chi connectivity index (χ2v) is 7.07. The highest BCUT2D eigenvalue weighted by molar-refractivity contribution is 5.00. The average Bonchev–Trinajstić information content (AvgIpc) is 3.04. The first kappa shape index (κ1) is 15.9. The summed E-state index contributed by atoms with van der Waals surface area (Å²) in [6.07, 6.45) is 8.72. The van der Waals surface area contributed by atoms with E-state index in [1.807, 2.05) is 0 Å². The Bertz CT molecular complexity index is 449. The van der Waals surface area contributed by atoms with E-state index >= 15 is 0 Å². The summed E-state index contributed by atoms with van der Waals surface area (Å²) >= 11 is 0. The number of nitrogens with one attached hydrogen (secondary N) is 1. The predicted octanol–water partition coefficient (Wildman–Crippen LogP) is 3.58. The Labute approximate surface area is 133 Å². The lowest BCUT2D eigenvalue weighted by Gasteiger charge is -2.33. The van der Waals surface area contributed by atoms with Gasteiger partial charge >= 0.3 is 0 Å². The molecule has 1 aromatic heterocycles. The van der Waals surface area contributed by atoms with Gasteiger partial charge in [0.05, 0.1) is 6.04 Å². The third kappa shape index (κ3) is 3.87. The van der Waals surface area contributed by atoms with Crippen LogP contribution in [0.5, 0.6) is 0 Å². The molecule has 5 heteroatoms. The first-order valence-electron chi connectivity index (χ1n) is 8.91. The van der Waals surface area contributed by atoms with Crippen molar-refractivity contribution < 1.29 is 9.26 Å². The highest BCUT2D eigenvalue weighted by Gasteiger charge is 2.32. The molecule has 0 spiro atoms. The van der Waals surface area contributed by atoms with Gasteiger partial charge in [-0.05, 0) is 31.6 Å². The minimum atomic E-state index is 0.187. The van der Waals surface area contributed by atoms with Crippen molar-refractivity contribution in [3.63, 3.8) is 0 Å². The van der Waals surface area contributed by atoms with Crippen LogP contribution < -0.4 is 5.32 Å². The number of ether oxygens (including phenoxy) is 1. The van der Waals surface area contributed by atoms with Gasteiger partial charge < -0.3 is 14.6 Å². The van der Waals surface area contributed by atoms with Gasteiger partial charge in [-0.15, -0.1) is 0 Å². The molecule has 3 rings (SSSR count). The fourth-order valence-corrected chi connectivity index (χ4v) is 3.59. The Morgan fingerprint density at radius 2 is 1.77 bits per heavy atom. The van der Waals surface area contributed by atoms with Crippen LogP contribution in [0.1, 0.15) is 82.5 Å². The number of rotatable bonds is 5. The van der Waals surface area contributed by atoms with Crippen molar-refractivity contribution in [2.24, 2.45) is 5.92 Å². The van der Waals surface area contributed by atoms with Crippen molar-refractivity contribution in [1.82, 2.24) is 15.5 Å². The van der Waals surface area contributed by atoms with Crippen LogP contribution in [-0.2, 0) is 4.74 Å². The first-order chi connectivity index (χ1) is 10.7. The van der Waals surface area contributed by atoms with Crippen molar-refractivity contribution in [2.45, 2.75) is 76.8 Å². The Morgan fingerprint density at radius 1 is 1.05 bits per heavy atom. The molecule has 22 heavy (non-hydrogen) atoms. The van der Waals surface area contributed by atoms with Crippen LogP contribution in [0.25, 0.3) is 0 Å². The Hall–Kier alpha value is -0.940. The standard InChI is InChI=1S/C17H29N3O2/c1-12(2)16-19-17(22-20-16)15(13-8-10-21-11-9-13)18-14-6-4-3-5-7-14/h12-15,18H,3-11H2,1-2H3/t15-/m1/s1. The lowest BCUT2D eigenvalue weighted by molar-refractivity contribution is 0.0457. The van der Waals surface area contributed by atoms with Crippen molar-refractivity contribution in [3.05, 3.63) is 11.7 Å². The Morgan fingerprint density at radius 3 is 2.41 bits per heavy atom. The molecule has 2 fully saturated rings. The van der Waals surface area contributed by atoms with Crippen LogP contribution in [0, 0.1) is 5.92 Å². The molecule has 2 heterocycles. The molecule has 0 bridgehead atoms. The minimum absolute atomic E-state index is 0.187. The zero-order chi connectivity index (χ0) is 15.4. The first-order valence-corrected chi connectivity index (χ1v) is 8.91. The molecule has 0 radical (unpaired) electrons. The van der Waals surface area contributed by atoms with E-state index in [2.05, 4.69) is 29.3 Å². The second kappa shape index (κ2) is 7.55.